The Balaban J connectivity index is 1.31. The summed E-state index contributed by atoms with van der Waals surface area (Å²) in [6.45, 7) is 7.54. The van der Waals surface area contributed by atoms with Crippen LogP contribution in [-0.4, -0.2) is 87.4 Å². The summed E-state index contributed by atoms with van der Waals surface area (Å²) in [6.07, 6.45) is 3.71. The fraction of sp³-hybridized carbons (Fsp3) is 0.483. The van der Waals surface area contributed by atoms with Crippen LogP contribution in [0.2, 0.25) is 0 Å². The molecule has 2 aliphatic heterocycles. The topological polar surface area (TPSA) is 135 Å². The number of carbonyl (C=O) groups is 1. The zero-order valence-electron chi connectivity index (χ0n) is 23.6. The van der Waals surface area contributed by atoms with E-state index in [1.54, 1.807) is 25.2 Å². The normalized spacial score (nSPS) is 19.1. The van der Waals surface area contributed by atoms with Gasteiger partial charge < -0.3 is 20.6 Å². The third-order valence-electron chi connectivity index (χ3n) is 8.00. The van der Waals surface area contributed by atoms with Gasteiger partial charge in [-0.05, 0) is 62.5 Å². The third-order valence-corrected chi connectivity index (χ3v) is 8.00. The molecule has 5 rings (SSSR count). The van der Waals surface area contributed by atoms with Gasteiger partial charge in [0.15, 0.2) is 0 Å². The largest absolute Gasteiger partial charge is 0.395 e. The van der Waals surface area contributed by atoms with Crippen molar-refractivity contribution in [1.29, 1.82) is 5.26 Å². The number of carbonyl (C=O) groups excluding carboxylic acids is 1. The number of rotatable bonds is 8. The minimum absolute atomic E-state index is 0.0194. The summed E-state index contributed by atoms with van der Waals surface area (Å²) in [5, 5.41) is 31.2. The maximum atomic E-state index is 12.1. The number of benzene rings is 1. The molecule has 40 heavy (non-hydrogen) atoms. The van der Waals surface area contributed by atoms with Crippen LogP contribution in [0.25, 0.3) is 11.3 Å². The van der Waals surface area contributed by atoms with Crippen LogP contribution in [0.3, 0.4) is 0 Å². The van der Waals surface area contributed by atoms with Crippen molar-refractivity contribution < 1.29 is 9.90 Å². The number of aryl methyl sites for hydroxylation is 1. The number of likely N-dealkylation sites (tertiary alicyclic amines) is 1. The molecular formula is C29H37N9O2. The number of hydrogen-bond acceptors (Lipinski definition) is 9. The molecule has 3 aromatic rings. The number of aromatic nitrogens is 4. The molecule has 1 aromatic carbocycles. The average molecular weight is 544 g/mol. The van der Waals surface area contributed by atoms with Crippen LogP contribution in [0.1, 0.15) is 36.6 Å². The van der Waals surface area contributed by atoms with Crippen molar-refractivity contribution in [2.75, 3.05) is 57.5 Å². The van der Waals surface area contributed by atoms with Crippen LogP contribution < -0.4 is 10.6 Å². The zero-order valence-corrected chi connectivity index (χ0v) is 23.6. The number of nitrogens with one attached hydrogen (secondary N) is 2. The monoisotopic (exact) mass is 543 g/mol. The summed E-state index contributed by atoms with van der Waals surface area (Å²) in [7, 11) is 3.59. The Bertz CT molecular complexity index is 1440. The highest BCUT2D eigenvalue weighted by Crippen LogP contribution is 2.41. The van der Waals surface area contributed by atoms with Crippen LogP contribution in [0.5, 0.6) is 0 Å². The van der Waals surface area contributed by atoms with Gasteiger partial charge in [-0.1, -0.05) is 6.92 Å². The summed E-state index contributed by atoms with van der Waals surface area (Å²) < 4.78 is 1.98. The molecule has 11 nitrogen and oxygen atoms in total. The van der Waals surface area contributed by atoms with Gasteiger partial charge in [-0.15, -0.1) is 0 Å². The SMILES string of the molecule is Cc1cc(Nc2nccc(-c3cc(C#N)c4c(c3)C(C)(CO)CN4)n2)n(CC2CCN(CC(=O)N(C)C)CC2)n1. The molecule has 0 radical (unpaired) electrons. The van der Waals surface area contributed by atoms with E-state index in [9.17, 15) is 15.2 Å². The predicted molar refractivity (Wildman–Crippen MR) is 153 cm³/mol. The Hall–Kier alpha value is -4.01. The minimum atomic E-state index is -0.465. The first-order valence-corrected chi connectivity index (χ1v) is 13.7. The summed E-state index contributed by atoms with van der Waals surface area (Å²) >= 11 is 0. The van der Waals surface area contributed by atoms with Gasteiger partial charge in [0.05, 0.1) is 35.8 Å². The minimum Gasteiger partial charge on any atom is -0.395 e. The fourth-order valence-electron chi connectivity index (χ4n) is 5.45. The van der Waals surface area contributed by atoms with Gasteiger partial charge >= 0.3 is 0 Å². The van der Waals surface area contributed by atoms with Crippen molar-refractivity contribution in [3.8, 4) is 17.3 Å². The molecule has 1 amide bonds. The quantitative estimate of drug-likeness (QED) is 0.392. The molecule has 2 aromatic heterocycles. The number of aliphatic hydroxyl groups excluding tert-OH is 1. The molecule has 210 valence electrons. The smallest absolute Gasteiger partial charge is 0.236 e. The van der Waals surface area contributed by atoms with Gasteiger partial charge in [-0.2, -0.15) is 10.4 Å². The Kier molecular flexibility index (Phi) is 7.74. The second kappa shape index (κ2) is 11.2. The Morgan fingerprint density at radius 3 is 2.77 bits per heavy atom. The van der Waals surface area contributed by atoms with E-state index in [1.807, 2.05) is 42.8 Å². The van der Waals surface area contributed by atoms with Crippen molar-refractivity contribution in [1.82, 2.24) is 29.5 Å². The van der Waals surface area contributed by atoms with E-state index in [0.29, 0.717) is 36.2 Å². The third kappa shape index (κ3) is 5.64. The van der Waals surface area contributed by atoms with Crippen LogP contribution in [0, 0.1) is 24.2 Å². The molecule has 0 bridgehead atoms. The average Bonchev–Trinajstić information content (AvgIpc) is 3.47. The van der Waals surface area contributed by atoms with E-state index in [-0.39, 0.29) is 12.5 Å². The maximum Gasteiger partial charge on any atom is 0.236 e. The van der Waals surface area contributed by atoms with Crippen molar-refractivity contribution in [3.63, 3.8) is 0 Å². The molecule has 2 aliphatic rings. The molecule has 1 atom stereocenters. The standard InChI is InChI=1S/C29H37N9O2/c1-19-11-25(38(35-19)15-20-6-9-37(10-7-20)16-26(40)36(3)4)34-28-31-8-5-24(33-28)21-12-22(14-30)27-23(13-21)29(2,18-39)17-32-27/h5,8,11-13,20,32,39H,6-7,9-10,15-18H2,1-4H3,(H,31,33,34). The number of aliphatic hydroxyl groups is 1. The molecule has 1 saturated heterocycles. The second-order valence-corrected chi connectivity index (χ2v) is 11.4. The lowest BCUT2D eigenvalue weighted by Crippen LogP contribution is -2.41. The highest BCUT2D eigenvalue weighted by molar-refractivity contribution is 5.78. The van der Waals surface area contributed by atoms with Crippen molar-refractivity contribution in [2.45, 2.75) is 38.6 Å². The Morgan fingerprint density at radius 2 is 2.08 bits per heavy atom. The van der Waals surface area contributed by atoms with E-state index in [0.717, 1.165) is 60.8 Å². The number of nitrogens with zero attached hydrogens (tertiary/aromatic N) is 7. The fourth-order valence-corrected chi connectivity index (χ4v) is 5.45. The highest BCUT2D eigenvalue weighted by Gasteiger charge is 2.36. The van der Waals surface area contributed by atoms with Gasteiger partial charge in [0, 0.05) is 50.4 Å². The first kappa shape index (κ1) is 27.6. The van der Waals surface area contributed by atoms with Crippen LogP contribution >= 0.6 is 0 Å². The van der Waals surface area contributed by atoms with E-state index >= 15 is 0 Å². The summed E-state index contributed by atoms with van der Waals surface area (Å²) in [4.78, 5) is 25.1. The summed E-state index contributed by atoms with van der Waals surface area (Å²) in [5.41, 5.74) is 4.16. The number of anilines is 3. The molecular weight excluding hydrogens is 506 g/mol. The lowest BCUT2D eigenvalue weighted by Gasteiger charge is -2.32. The number of likely N-dealkylation sites (N-methyl/N-ethyl adjacent to an activating group) is 1. The van der Waals surface area contributed by atoms with E-state index in [4.69, 9.17) is 10.1 Å². The van der Waals surface area contributed by atoms with E-state index in [2.05, 4.69) is 26.6 Å². The molecule has 0 spiro atoms. The lowest BCUT2D eigenvalue weighted by atomic mass is 9.83. The summed E-state index contributed by atoms with van der Waals surface area (Å²) in [6, 6.07) is 9.93. The lowest BCUT2D eigenvalue weighted by molar-refractivity contribution is -0.130. The van der Waals surface area contributed by atoms with Gasteiger partial charge in [-0.3, -0.25) is 9.69 Å². The van der Waals surface area contributed by atoms with E-state index < -0.39 is 5.41 Å². The first-order valence-electron chi connectivity index (χ1n) is 13.7. The predicted octanol–water partition coefficient (Wildman–Crippen LogP) is 2.74. The van der Waals surface area contributed by atoms with E-state index in [1.165, 1.54) is 0 Å². The van der Waals surface area contributed by atoms with Crippen LogP contribution in [0.4, 0.5) is 17.5 Å². The Labute approximate surface area is 234 Å². The number of amides is 1. The molecule has 0 saturated carbocycles. The van der Waals surface area contributed by atoms with Crippen molar-refractivity contribution in [2.24, 2.45) is 5.92 Å². The molecule has 4 heterocycles. The van der Waals surface area contributed by atoms with Gasteiger partial charge in [0.2, 0.25) is 11.9 Å². The molecule has 3 N–H and O–H groups in total. The van der Waals surface area contributed by atoms with Crippen LogP contribution in [-0.2, 0) is 16.8 Å². The number of fused-ring (bicyclic) bond motifs is 1. The summed E-state index contributed by atoms with van der Waals surface area (Å²) in [5.74, 6) is 1.86. The van der Waals surface area contributed by atoms with Gasteiger partial charge in [-0.25, -0.2) is 14.6 Å². The molecule has 1 unspecified atom stereocenters. The number of nitriles is 1. The van der Waals surface area contributed by atoms with Crippen molar-refractivity contribution >= 4 is 23.4 Å². The Morgan fingerprint density at radius 1 is 1.30 bits per heavy atom. The van der Waals surface area contributed by atoms with Crippen LogP contribution in [0.15, 0.2) is 30.5 Å². The number of piperidine rings is 1. The highest BCUT2D eigenvalue weighted by atomic mass is 16.3. The maximum absolute atomic E-state index is 12.1. The molecule has 0 aliphatic carbocycles. The van der Waals surface area contributed by atoms with Gasteiger partial charge in [0.1, 0.15) is 11.9 Å². The zero-order chi connectivity index (χ0) is 28.4. The second-order valence-electron chi connectivity index (χ2n) is 11.4. The van der Waals surface area contributed by atoms with Gasteiger partial charge in [0.25, 0.3) is 0 Å². The number of hydrogen-bond donors (Lipinski definition) is 3. The molecule has 1 fully saturated rings. The van der Waals surface area contributed by atoms with Crippen molar-refractivity contribution in [3.05, 3.63) is 47.3 Å². The first-order chi connectivity index (χ1) is 19.2. The molecule has 11 heteroatoms.